The standard InChI is InChI=1S/C46H32N2/c1-2-11-33(12-3-1)40-19-9-13-35-14-10-20-41(46(35)40)34-25-29-38(30-26-34)47-37-27-23-32(24-28-37)36-15-8-16-39(31-36)48-44-21-6-4-17-42(44)43-18-5-7-22-45(43)48/h1-31,47H. The first kappa shape index (κ1) is 27.9. The second-order valence-corrected chi connectivity index (χ2v) is 12.3. The van der Waals surface area contributed by atoms with E-state index in [0.29, 0.717) is 0 Å². The summed E-state index contributed by atoms with van der Waals surface area (Å²) in [5.74, 6) is 0. The first-order chi connectivity index (χ1) is 23.8. The molecule has 0 fully saturated rings. The third-order valence-electron chi connectivity index (χ3n) is 9.38. The van der Waals surface area contributed by atoms with Crippen LogP contribution in [-0.4, -0.2) is 4.57 Å². The van der Waals surface area contributed by atoms with E-state index in [0.717, 1.165) is 17.1 Å². The maximum Gasteiger partial charge on any atom is 0.0541 e. The lowest BCUT2D eigenvalue weighted by Crippen LogP contribution is -1.94. The average Bonchev–Trinajstić information content (AvgIpc) is 3.50. The summed E-state index contributed by atoms with van der Waals surface area (Å²) in [6.07, 6.45) is 0. The predicted molar refractivity (Wildman–Crippen MR) is 204 cm³/mol. The maximum atomic E-state index is 3.61. The Labute approximate surface area is 280 Å². The van der Waals surface area contributed by atoms with E-state index in [1.807, 2.05) is 0 Å². The third kappa shape index (κ3) is 4.92. The summed E-state index contributed by atoms with van der Waals surface area (Å²) in [4.78, 5) is 0. The highest BCUT2D eigenvalue weighted by Crippen LogP contribution is 2.37. The topological polar surface area (TPSA) is 17.0 Å². The molecule has 0 spiro atoms. The molecule has 226 valence electrons. The van der Waals surface area contributed by atoms with Crippen molar-refractivity contribution in [2.24, 2.45) is 0 Å². The second kappa shape index (κ2) is 11.8. The number of hydrogen-bond donors (Lipinski definition) is 1. The summed E-state index contributed by atoms with van der Waals surface area (Å²) >= 11 is 0. The lowest BCUT2D eigenvalue weighted by molar-refractivity contribution is 1.18. The van der Waals surface area contributed by atoms with Crippen LogP contribution in [0.5, 0.6) is 0 Å². The van der Waals surface area contributed by atoms with Crippen molar-refractivity contribution >= 4 is 44.0 Å². The Hall–Kier alpha value is -6.38. The van der Waals surface area contributed by atoms with Crippen molar-refractivity contribution < 1.29 is 0 Å². The van der Waals surface area contributed by atoms with Gasteiger partial charge in [0.1, 0.15) is 0 Å². The van der Waals surface area contributed by atoms with Crippen LogP contribution in [0, 0.1) is 0 Å². The monoisotopic (exact) mass is 612 g/mol. The van der Waals surface area contributed by atoms with Crippen molar-refractivity contribution in [1.29, 1.82) is 0 Å². The molecule has 48 heavy (non-hydrogen) atoms. The van der Waals surface area contributed by atoms with Gasteiger partial charge in [-0.3, -0.25) is 0 Å². The predicted octanol–water partition coefficient (Wildman–Crippen LogP) is 12.7. The Morgan fingerprint density at radius 1 is 0.354 bits per heavy atom. The van der Waals surface area contributed by atoms with E-state index < -0.39 is 0 Å². The van der Waals surface area contributed by atoms with Crippen molar-refractivity contribution in [3.8, 4) is 39.1 Å². The number of nitrogens with one attached hydrogen (secondary N) is 1. The normalized spacial score (nSPS) is 11.3. The van der Waals surface area contributed by atoms with E-state index in [4.69, 9.17) is 0 Å². The zero-order valence-corrected chi connectivity index (χ0v) is 26.3. The Bertz CT molecular complexity index is 2500. The summed E-state index contributed by atoms with van der Waals surface area (Å²) in [5.41, 5.74) is 13.0. The highest BCUT2D eigenvalue weighted by Gasteiger charge is 2.13. The minimum Gasteiger partial charge on any atom is -0.356 e. The lowest BCUT2D eigenvalue weighted by atomic mass is 9.91. The van der Waals surface area contributed by atoms with Crippen LogP contribution in [0.2, 0.25) is 0 Å². The molecule has 0 aliphatic heterocycles. The number of rotatable bonds is 6. The van der Waals surface area contributed by atoms with Crippen LogP contribution in [0.25, 0.3) is 71.6 Å². The summed E-state index contributed by atoms with van der Waals surface area (Å²) in [6.45, 7) is 0. The number of benzene rings is 8. The van der Waals surface area contributed by atoms with Gasteiger partial charge in [-0.2, -0.15) is 0 Å². The van der Waals surface area contributed by atoms with Crippen LogP contribution < -0.4 is 5.32 Å². The molecule has 1 N–H and O–H groups in total. The van der Waals surface area contributed by atoms with Gasteiger partial charge in [-0.15, -0.1) is 0 Å². The van der Waals surface area contributed by atoms with Crippen LogP contribution >= 0.6 is 0 Å². The molecule has 1 heterocycles. The molecule has 0 aliphatic carbocycles. The minimum absolute atomic E-state index is 1.06. The van der Waals surface area contributed by atoms with Gasteiger partial charge in [0.2, 0.25) is 0 Å². The van der Waals surface area contributed by atoms with Crippen LogP contribution in [0.3, 0.4) is 0 Å². The van der Waals surface area contributed by atoms with Crippen molar-refractivity contribution in [2.75, 3.05) is 5.32 Å². The highest BCUT2D eigenvalue weighted by atomic mass is 15.0. The van der Waals surface area contributed by atoms with Gasteiger partial charge in [-0.25, -0.2) is 0 Å². The quantitative estimate of drug-likeness (QED) is 0.198. The smallest absolute Gasteiger partial charge is 0.0541 e. The Kier molecular flexibility index (Phi) is 6.84. The third-order valence-corrected chi connectivity index (χ3v) is 9.38. The molecule has 8 aromatic carbocycles. The van der Waals surface area contributed by atoms with Gasteiger partial charge in [0, 0.05) is 27.8 Å². The fraction of sp³-hybridized carbons (Fsp3) is 0. The van der Waals surface area contributed by atoms with Crippen LogP contribution in [0.4, 0.5) is 11.4 Å². The van der Waals surface area contributed by atoms with Gasteiger partial charge in [-0.1, -0.05) is 140 Å². The molecule has 0 aliphatic rings. The molecule has 2 nitrogen and oxygen atoms in total. The molecular formula is C46H32N2. The van der Waals surface area contributed by atoms with Crippen molar-refractivity contribution in [3.63, 3.8) is 0 Å². The van der Waals surface area contributed by atoms with Crippen molar-refractivity contribution in [1.82, 2.24) is 4.57 Å². The number of anilines is 2. The Balaban J connectivity index is 0.986. The molecular weight excluding hydrogens is 581 g/mol. The van der Waals surface area contributed by atoms with E-state index in [2.05, 4.69) is 198 Å². The Morgan fingerprint density at radius 2 is 0.854 bits per heavy atom. The number of hydrogen-bond acceptors (Lipinski definition) is 1. The van der Waals surface area contributed by atoms with E-state index >= 15 is 0 Å². The second-order valence-electron chi connectivity index (χ2n) is 12.3. The minimum atomic E-state index is 1.06. The van der Waals surface area contributed by atoms with E-state index in [9.17, 15) is 0 Å². The van der Waals surface area contributed by atoms with Gasteiger partial charge in [0.15, 0.2) is 0 Å². The molecule has 2 heteroatoms. The number of nitrogens with zero attached hydrogens (tertiary/aromatic N) is 1. The molecule has 0 unspecified atom stereocenters. The van der Waals surface area contributed by atoms with Crippen molar-refractivity contribution in [3.05, 3.63) is 188 Å². The zero-order valence-electron chi connectivity index (χ0n) is 26.3. The van der Waals surface area contributed by atoms with Gasteiger partial charge in [-0.05, 0) is 92.7 Å². The van der Waals surface area contributed by atoms with Crippen LogP contribution in [-0.2, 0) is 0 Å². The molecule has 1 aromatic heterocycles. The maximum absolute atomic E-state index is 3.61. The van der Waals surface area contributed by atoms with Gasteiger partial charge >= 0.3 is 0 Å². The molecule has 0 bridgehead atoms. The average molecular weight is 613 g/mol. The lowest BCUT2D eigenvalue weighted by Gasteiger charge is -2.14. The fourth-order valence-corrected chi connectivity index (χ4v) is 7.11. The summed E-state index contributed by atoms with van der Waals surface area (Å²) in [5, 5.41) is 8.68. The van der Waals surface area contributed by atoms with Crippen LogP contribution in [0.15, 0.2) is 188 Å². The molecule has 0 radical (unpaired) electrons. The molecule has 0 saturated carbocycles. The van der Waals surface area contributed by atoms with E-state index in [-0.39, 0.29) is 0 Å². The van der Waals surface area contributed by atoms with Crippen molar-refractivity contribution in [2.45, 2.75) is 0 Å². The molecule has 9 rings (SSSR count). The number of para-hydroxylation sites is 2. The largest absolute Gasteiger partial charge is 0.356 e. The molecule has 0 atom stereocenters. The Morgan fingerprint density at radius 3 is 1.48 bits per heavy atom. The number of aromatic nitrogens is 1. The fourth-order valence-electron chi connectivity index (χ4n) is 7.11. The van der Waals surface area contributed by atoms with Gasteiger partial charge < -0.3 is 9.88 Å². The highest BCUT2D eigenvalue weighted by molar-refractivity contribution is 6.09. The molecule has 9 aromatic rings. The summed E-state index contributed by atoms with van der Waals surface area (Å²) < 4.78 is 2.37. The zero-order chi connectivity index (χ0) is 31.9. The molecule has 0 amide bonds. The summed E-state index contributed by atoms with van der Waals surface area (Å²) in [7, 11) is 0. The van der Waals surface area contributed by atoms with E-state index in [1.54, 1.807) is 0 Å². The SMILES string of the molecule is c1ccc(-c2cccc3cccc(-c4ccc(Nc5ccc(-c6cccc(-n7c8ccccc8c8ccccc87)c6)cc5)cc4)c23)cc1. The van der Waals surface area contributed by atoms with Gasteiger partial charge in [0.25, 0.3) is 0 Å². The number of fused-ring (bicyclic) bond motifs is 4. The first-order valence-electron chi connectivity index (χ1n) is 16.4. The van der Waals surface area contributed by atoms with Gasteiger partial charge in [0.05, 0.1) is 11.0 Å². The molecule has 0 saturated heterocycles. The van der Waals surface area contributed by atoms with Crippen LogP contribution in [0.1, 0.15) is 0 Å². The first-order valence-corrected chi connectivity index (χ1v) is 16.4. The van der Waals surface area contributed by atoms with E-state index in [1.165, 1.54) is 66.0 Å². The summed E-state index contributed by atoms with van der Waals surface area (Å²) in [6, 6.07) is 67.4.